The minimum absolute atomic E-state index is 0.00834. The van der Waals surface area contributed by atoms with Gasteiger partial charge in [-0.2, -0.15) is 63.6 Å². The normalized spacial score (nSPS) is 12.4. The van der Waals surface area contributed by atoms with Crippen LogP contribution in [-0.4, -0.2) is 110 Å². The average Bonchev–Trinajstić information content (AvgIpc) is 0.767. The molecule has 2 aromatic heterocycles. The maximum absolute atomic E-state index is 12.8. The second-order valence-electron chi connectivity index (χ2n) is 19.2. The van der Waals surface area contributed by atoms with E-state index in [2.05, 4.69) is 80.7 Å². The summed E-state index contributed by atoms with van der Waals surface area (Å²) in [5, 5.41) is 73.1. The molecule has 0 saturated heterocycles. The van der Waals surface area contributed by atoms with Gasteiger partial charge in [-0.05, 0) is 119 Å². The molecule has 0 aliphatic heterocycles. The number of nitrogens with one attached hydrogen (secondary N) is 3. The molecule has 488 valence electrons. The third-order valence-electron chi connectivity index (χ3n) is 13.4. The molecule has 9 aromatic carbocycles. The smallest absolute Gasteiger partial charge is 0.297 e. The first-order chi connectivity index (χ1) is 45.1. The van der Waals surface area contributed by atoms with Crippen molar-refractivity contribution in [3.8, 4) is 11.5 Å². The fourth-order valence-electron chi connectivity index (χ4n) is 9.53. The molecular formula is C53H36Cl2N14O20S6. The molecule has 0 aliphatic rings. The van der Waals surface area contributed by atoms with Gasteiger partial charge in [-0.1, -0.05) is 58.6 Å². The van der Waals surface area contributed by atoms with Crippen LogP contribution in [0.25, 0.3) is 43.1 Å². The van der Waals surface area contributed by atoms with Crippen molar-refractivity contribution in [2.45, 2.75) is 29.4 Å². The topological polar surface area (TPSA) is 501 Å². The highest BCUT2D eigenvalue weighted by Crippen LogP contribution is 2.48. The lowest BCUT2D eigenvalue weighted by Crippen LogP contribution is -2.16. The Hall–Kier alpha value is -9.28. The number of azo groups is 2. The SMILES string of the molecule is CN(c1nc(Cl)nc(Nc2ccc3c(O)c(N=Nc4ccc5c(S(=O)(=O)O)cccc5c4SOOO)c(SOOO)cc3c2)n1)c1ccccc1Nc1nc(Cl)nc(Nc2ccc3c(O)c(N=Nc4ccc5c(S(=O)(=O)O)cccc5c4S(=O)(=O)O)c(S(=O)(=O)O)cc3c2)n1. The van der Waals surface area contributed by atoms with Gasteiger partial charge in [0.05, 0.1) is 45.3 Å². The Kier molecular flexibility index (Phi) is 19.0. The summed E-state index contributed by atoms with van der Waals surface area (Å²) in [4.78, 5) is 24.4. The first-order valence-electron chi connectivity index (χ1n) is 25.8. The van der Waals surface area contributed by atoms with Crippen LogP contribution >= 0.6 is 47.3 Å². The molecule has 0 amide bonds. The van der Waals surface area contributed by atoms with E-state index in [1.165, 1.54) is 65.6 Å². The summed E-state index contributed by atoms with van der Waals surface area (Å²) < 4.78 is 149. The van der Waals surface area contributed by atoms with Crippen LogP contribution in [-0.2, 0) is 59.2 Å². The van der Waals surface area contributed by atoms with Gasteiger partial charge in [0.25, 0.3) is 40.5 Å². The number of phenolic OH excluding ortho intramolecular Hbond substituents is 2. The first-order valence-corrected chi connectivity index (χ1v) is 33.8. The number of benzene rings is 9. The summed E-state index contributed by atoms with van der Waals surface area (Å²) in [5.74, 6) is -1.62. The van der Waals surface area contributed by atoms with E-state index in [0.717, 1.165) is 36.4 Å². The molecule has 0 bridgehead atoms. The monoisotopic (exact) mass is 1450 g/mol. The molecule has 0 unspecified atom stereocenters. The van der Waals surface area contributed by atoms with Gasteiger partial charge in [-0.15, -0.1) is 29.1 Å². The largest absolute Gasteiger partial charge is 0.505 e. The molecular weight excluding hydrogens is 1420 g/mol. The molecule has 95 heavy (non-hydrogen) atoms. The van der Waals surface area contributed by atoms with E-state index in [9.17, 15) is 62.1 Å². The summed E-state index contributed by atoms with van der Waals surface area (Å²) in [5.41, 5.74) is -0.438. The number of hydrogen-bond acceptors (Lipinski definition) is 32. The predicted octanol–water partition coefficient (Wildman–Crippen LogP) is 13.1. The minimum atomic E-state index is -5.26. The number of rotatable bonds is 22. The average molecular weight is 1450 g/mol. The van der Waals surface area contributed by atoms with E-state index in [-0.39, 0.29) is 93.5 Å². The van der Waals surface area contributed by atoms with Crippen LogP contribution in [0.1, 0.15) is 0 Å². The van der Waals surface area contributed by atoms with Gasteiger partial charge in [-0.25, -0.2) is 10.5 Å². The van der Waals surface area contributed by atoms with Crippen LogP contribution in [0.15, 0.2) is 183 Å². The Labute approximate surface area is 551 Å². The van der Waals surface area contributed by atoms with E-state index in [1.807, 2.05) is 0 Å². The number of phenols is 2. The molecule has 11 N–H and O–H groups in total. The second-order valence-corrected chi connectivity index (χ2v) is 26.9. The van der Waals surface area contributed by atoms with Crippen molar-refractivity contribution in [2.75, 3.05) is 27.9 Å². The summed E-state index contributed by atoms with van der Waals surface area (Å²) in [7, 11) is -18.5. The van der Waals surface area contributed by atoms with Crippen molar-refractivity contribution in [1.29, 1.82) is 0 Å². The fourth-order valence-corrected chi connectivity index (χ4v) is 13.8. The number of nitrogens with zero attached hydrogens (tertiary/aromatic N) is 11. The van der Waals surface area contributed by atoms with Crippen LogP contribution in [0, 0.1) is 0 Å². The second kappa shape index (κ2) is 26.8. The molecule has 0 atom stereocenters. The number of aromatic hydroxyl groups is 2. The van der Waals surface area contributed by atoms with Crippen molar-refractivity contribution in [3.05, 3.63) is 144 Å². The van der Waals surface area contributed by atoms with E-state index < -0.39 is 88.3 Å². The molecule has 2 heterocycles. The van der Waals surface area contributed by atoms with E-state index >= 15 is 0 Å². The van der Waals surface area contributed by atoms with Gasteiger partial charge in [0.1, 0.15) is 42.3 Å². The lowest BCUT2D eigenvalue weighted by atomic mass is 10.1. The Bertz CT molecular complexity index is 5520. The molecule has 34 nitrogen and oxygen atoms in total. The van der Waals surface area contributed by atoms with Gasteiger partial charge in [-0.3, -0.25) is 18.2 Å². The number of fused-ring (bicyclic) bond motifs is 4. The van der Waals surface area contributed by atoms with Gasteiger partial charge in [0.2, 0.25) is 34.4 Å². The maximum Gasteiger partial charge on any atom is 0.297 e. The highest BCUT2D eigenvalue weighted by atomic mass is 35.5. The van der Waals surface area contributed by atoms with Crippen LogP contribution in [0.2, 0.25) is 10.6 Å². The predicted molar refractivity (Wildman–Crippen MR) is 342 cm³/mol. The zero-order valence-electron chi connectivity index (χ0n) is 46.8. The van der Waals surface area contributed by atoms with Crippen molar-refractivity contribution >= 4 is 200 Å². The lowest BCUT2D eigenvalue weighted by Gasteiger charge is -2.21. The van der Waals surface area contributed by atoms with Crippen LogP contribution < -0.4 is 20.9 Å². The van der Waals surface area contributed by atoms with Gasteiger partial charge in [0.15, 0.2) is 11.5 Å². The van der Waals surface area contributed by atoms with Crippen molar-refractivity contribution in [1.82, 2.24) is 29.9 Å². The molecule has 0 aliphatic carbocycles. The van der Waals surface area contributed by atoms with Crippen LogP contribution in [0.4, 0.5) is 69.3 Å². The molecule has 11 rings (SSSR count). The van der Waals surface area contributed by atoms with Crippen molar-refractivity contribution in [2.24, 2.45) is 20.5 Å². The summed E-state index contributed by atoms with van der Waals surface area (Å²) >= 11 is 13.7. The van der Waals surface area contributed by atoms with Gasteiger partial charge in [0, 0.05) is 50.7 Å². The Morgan fingerprint density at radius 1 is 0.474 bits per heavy atom. The molecule has 11 aromatic rings. The molecule has 0 radical (unpaired) electrons. The number of hydrogen-bond donors (Lipinski definition) is 11. The summed E-state index contributed by atoms with van der Waals surface area (Å²) in [6.07, 6.45) is 0. The minimum Gasteiger partial charge on any atom is -0.505 e. The Morgan fingerprint density at radius 2 is 0.979 bits per heavy atom. The number of halogens is 2. The Balaban J connectivity index is 0.833. The number of anilines is 8. The summed E-state index contributed by atoms with van der Waals surface area (Å²) in [6, 6.07) is 29.5. The molecule has 0 saturated carbocycles. The quantitative estimate of drug-likeness (QED) is 0.00987. The Morgan fingerprint density at radius 3 is 1.59 bits per heavy atom. The number of para-hydroxylation sites is 2. The van der Waals surface area contributed by atoms with Crippen LogP contribution in [0.3, 0.4) is 0 Å². The maximum atomic E-state index is 12.8. The fraction of sp³-hybridized carbons (Fsp3) is 0.0189. The van der Waals surface area contributed by atoms with E-state index in [4.69, 9.17) is 38.1 Å². The summed E-state index contributed by atoms with van der Waals surface area (Å²) in [6.45, 7) is 0. The highest BCUT2D eigenvalue weighted by Gasteiger charge is 2.28. The molecule has 0 fully saturated rings. The standard InChI is InChI=1S/C53H36Cl2N14O20S6/c1-69(53-62-49(55)61-51(64-53)57-26-12-14-28-24(20-26)22-38(90-88-86-72)42(44(28)70)67-65-35-18-16-30-32(46(35)91-89-87-73)6-4-10-39(30)92(74,75)76)37-9-3-2-8-34(37)58-52-60-48(54)59-50(63-52)56-27-13-15-29-25(21-27)23-41(94(80,81)82)43(45(29)71)68-66-36-19-17-31-33(47(36)95(83,84)85)7-5-11-40(31)93(77,78)79/h2-23,70-73H,1H3,(H,74,75,76)(H,77,78,79)(H,80,81,82)(H,83,84,85)(H,57,61,62,64)(H2,56,58,59,60,63). The van der Waals surface area contributed by atoms with E-state index in [0.29, 0.717) is 46.5 Å². The van der Waals surface area contributed by atoms with Gasteiger partial charge < -0.3 is 31.1 Å². The van der Waals surface area contributed by atoms with E-state index in [1.54, 1.807) is 43.4 Å². The lowest BCUT2D eigenvalue weighted by molar-refractivity contribution is -0.432. The zero-order valence-corrected chi connectivity index (χ0v) is 53.2. The third kappa shape index (κ3) is 14.5. The van der Waals surface area contributed by atoms with Crippen LogP contribution in [0.5, 0.6) is 11.5 Å². The molecule has 0 spiro atoms. The van der Waals surface area contributed by atoms with Crippen molar-refractivity contribution in [3.63, 3.8) is 0 Å². The zero-order chi connectivity index (χ0) is 67.9. The highest BCUT2D eigenvalue weighted by molar-refractivity contribution is 7.95. The van der Waals surface area contributed by atoms with Crippen molar-refractivity contribution < 1.29 is 91.4 Å². The van der Waals surface area contributed by atoms with Gasteiger partial charge >= 0.3 is 0 Å². The third-order valence-corrected chi connectivity index (χ3v) is 18.8. The molecule has 42 heteroatoms. The first kappa shape index (κ1) is 67.2. The number of aromatic nitrogens is 6.